The lowest BCUT2D eigenvalue weighted by Gasteiger charge is -2.46. The average molecular weight is 1410 g/mol. The van der Waals surface area contributed by atoms with Crippen LogP contribution in [0, 0.1) is 0 Å². The summed E-state index contributed by atoms with van der Waals surface area (Å²) < 4.78 is 55.3. The summed E-state index contributed by atoms with van der Waals surface area (Å²) in [6.07, 6.45) is -44.8. The number of carbonyl (C=O) groups is 8. The van der Waals surface area contributed by atoms with Crippen LogP contribution in [0.3, 0.4) is 0 Å². The van der Waals surface area contributed by atoms with Gasteiger partial charge in [-0.2, -0.15) is 0 Å². The van der Waals surface area contributed by atoms with Crippen molar-refractivity contribution in [2.24, 2.45) is 0 Å². The summed E-state index contributed by atoms with van der Waals surface area (Å²) in [5, 5.41) is 179. The Morgan fingerprint density at radius 3 is 1.32 bits per heavy atom. The highest BCUT2D eigenvalue weighted by molar-refractivity contribution is 6.01. The van der Waals surface area contributed by atoms with Crippen LogP contribution in [0.2, 0.25) is 0 Å². The van der Waals surface area contributed by atoms with E-state index < -0.39 is 265 Å². The smallest absolute Gasteiger partial charge is 0.333 e. The van der Waals surface area contributed by atoms with Gasteiger partial charge < -0.3 is 160 Å². The van der Waals surface area contributed by atoms with Crippen molar-refractivity contribution in [1.29, 1.82) is 0 Å². The highest BCUT2D eigenvalue weighted by Gasteiger charge is 2.53. The van der Waals surface area contributed by atoms with Gasteiger partial charge in [-0.05, 0) is 39.5 Å². The molecular formula is C56H92N6O35. The zero-order valence-corrected chi connectivity index (χ0v) is 52.9. The number of aliphatic hydroxyl groups excluding tert-OH is 16. The predicted molar refractivity (Wildman–Crippen MR) is 309 cm³/mol. The van der Waals surface area contributed by atoms with Crippen LogP contribution in [0.5, 0.6) is 0 Å². The first-order valence-corrected chi connectivity index (χ1v) is 31.6. The fourth-order valence-corrected chi connectivity index (χ4v) is 10.8. The lowest BCUT2D eigenvalue weighted by atomic mass is 9.96. The Morgan fingerprint density at radius 2 is 0.835 bits per heavy atom. The first-order valence-electron chi connectivity index (χ1n) is 31.6. The first kappa shape index (κ1) is 80.9. The van der Waals surface area contributed by atoms with Crippen LogP contribution in [0.1, 0.15) is 78.1 Å². The summed E-state index contributed by atoms with van der Waals surface area (Å²) in [6.45, 7) is -1.92. The van der Waals surface area contributed by atoms with Crippen LogP contribution >= 0.6 is 0 Å². The molecule has 0 aromatic heterocycles. The number of unbranched alkanes of at least 4 members (excludes halogenated alkanes) is 1. The van der Waals surface area contributed by atoms with Crippen LogP contribution in [0.15, 0.2) is 0 Å². The molecule has 556 valence electrons. The molecule has 41 nitrogen and oxygen atoms in total. The Bertz CT molecular complexity index is 2530. The molecule has 97 heavy (non-hydrogen) atoms. The van der Waals surface area contributed by atoms with Crippen LogP contribution in [-0.2, 0) is 90.6 Å². The van der Waals surface area contributed by atoms with Crippen LogP contribution in [0.4, 0.5) is 0 Å². The number of imide groups is 1. The summed E-state index contributed by atoms with van der Waals surface area (Å²) in [4.78, 5) is 109. The van der Waals surface area contributed by atoms with Crippen molar-refractivity contribution in [2.45, 2.75) is 244 Å². The highest BCUT2D eigenvalue weighted by Crippen LogP contribution is 2.32. The van der Waals surface area contributed by atoms with Crippen molar-refractivity contribution in [1.82, 2.24) is 31.6 Å². The normalized spacial score (nSPS) is 36.8. The molecule has 7 amide bonds. The van der Waals surface area contributed by atoms with Crippen molar-refractivity contribution in [3.8, 4) is 0 Å². The minimum Gasteiger partial charge on any atom is -0.394 e. The van der Waals surface area contributed by atoms with E-state index in [1.807, 2.05) is 0 Å². The van der Waals surface area contributed by atoms with Crippen molar-refractivity contribution >= 4 is 47.3 Å². The summed E-state index contributed by atoms with van der Waals surface area (Å²) >= 11 is 0. The zero-order valence-electron chi connectivity index (χ0n) is 52.9. The van der Waals surface area contributed by atoms with Gasteiger partial charge in [0.25, 0.3) is 11.8 Å². The second kappa shape index (κ2) is 38.6. The van der Waals surface area contributed by atoms with Crippen LogP contribution < -0.4 is 26.6 Å². The Morgan fingerprint density at radius 1 is 0.443 bits per heavy atom. The van der Waals surface area contributed by atoms with Crippen molar-refractivity contribution in [2.75, 3.05) is 59.3 Å². The minimum atomic E-state index is -2.07. The van der Waals surface area contributed by atoms with Crippen molar-refractivity contribution in [3.63, 3.8) is 0 Å². The number of hydroxylamine groups is 2. The van der Waals surface area contributed by atoms with E-state index in [2.05, 4.69) is 26.6 Å². The molecule has 0 radical (unpaired) electrons. The van der Waals surface area contributed by atoms with E-state index in [1.165, 1.54) is 13.8 Å². The molecule has 0 bridgehead atoms. The van der Waals surface area contributed by atoms with Crippen LogP contribution in [0.25, 0.3) is 0 Å². The number of hydrogen-bond donors (Lipinski definition) is 21. The number of nitrogens with one attached hydrogen (secondary N) is 5. The summed E-state index contributed by atoms with van der Waals surface area (Å²) in [5.74, 6) is -6.64. The van der Waals surface area contributed by atoms with E-state index in [1.54, 1.807) is 0 Å². The summed E-state index contributed by atoms with van der Waals surface area (Å²) in [7, 11) is 0. The Kier molecular flexibility index (Phi) is 32.2. The van der Waals surface area contributed by atoms with Gasteiger partial charge in [-0.15, -0.1) is 5.06 Å². The van der Waals surface area contributed by atoms with Gasteiger partial charge >= 0.3 is 5.97 Å². The molecule has 0 aromatic carbocycles. The maximum absolute atomic E-state index is 14.0. The first-order chi connectivity index (χ1) is 46.0. The molecule has 0 unspecified atom stereocenters. The highest BCUT2D eigenvalue weighted by atomic mass is 16.8. The second-order valence-electron chi connectivity index (χ2n) is 23.8. The monoisotopic (exact) mass is 1410 g/mol. The van der Waals surface area contributed by atoms with Gasteiger partial charge in [-0.25, -0.2) is 4.79 Å². The van der Waals surface area contributed by atoms with E-state index in [-0.39, 0.29) is 71.2 Å². The number of amides is 7. The van der Waals surface area contributed by atoms with Gasteiger partial charge in [-0.1, -0.05) is 0 Å². The summed E-state index contributed by atoms with van der Waals surface area (Å²) in [5.41, 5.74) is 0. The Hall–Kier alpha value is -5.08. The molecule has 6 rings (SSSR count). The number of nitrogens with zero attached hydrogens (tertiary/aromatic N) is 1. The number of ether oxygens (including phenoxy) is 10. The third kappa shape index (κ3) is 22.5. The molecule has 41 heteroatoms. The van der Waals surface area contributed by atoms with Gasteiger partial charge in [0.1, 0.15) is 122 Å². The van der Waals surface area contributed by atoms with Gasteiger partial charge in [-0.3, -0.25) is 33.6 Å². The second-order valence-corrected chi connectivity index (χ2v) is 23.8. The topological polar surface area (TPSA) is 625 Å². The minimum absolute atomic E-state index is 0.0137. The van der Waals surface area contributed by atoms with E-state index in [0.29, 0.717) is 5.06 Å². The van der Waals surface area contributed by atoms with Crippen LogP contribution in [-0.4, -0.2) is 359 Å². The molecular weight excluding hydrogens is 1320 g/mol. The van der Waals surface area contributed by atoms with Crippen molar-refractivity contribution < 1.29 is 172 Å². The maximum atomic E-state index is 14.0. The number of aliphatic hydroxyl groups is 16. The molecule has 0 aliphatic carbocycles. The third-order valence-electron chi connectivity index (χ3n) is 16.6. The van der Waals surface area contributed by atoms with Gasteiger partial charge in [0.05, 0.1) is 51.8 Å². The molecule has 0 aromatic rings. The fraction of sp³-hybridized carbons (Fsp3) is 0.857. The third-order valence-corrected chi connectivity index (χ3v) is 16.6. The Labute approximate surface area is 552 Å². The lowest BCUT2D eigenvalue weighted by molar-refractivity contribution is -0.366. The van der Waals surface area contributed by atoms with E-state index >= 15 is 0 Å². The van der Waals surface area contributed by atoms with Crippen molar-refractivity contribution in [3.05, 3.63) is 0 Å². The largest absolute Gasteiger partial charge is 0.394 e. The number of rotatable bonds is 35. The molecule has 6 aliphatic heterocycles. The zero-order chi connectivity index (χ0) is 71.5. The maximum Gasteiger partial charge on any atom is 0.333 e. The standard InChI is InChI=1S/C56H92N6O35/c1-22-35(71)40(76)44(80)52(91-22)87-16-13-57-29(65)9-7-24(50(85)58-14-17-88-53-45(81)41(77)36(72)23(2)92-53)61-31(67)10-8-25(60-30(66)5-3-4-6-34(70)97-62-32(68)11-12-33(62)69)51(86)59-15-18-89-55-48(84)49(96-56-47(83)43(79)38(74)27(20-64)94-56)39(75)28(95-55)21-90-54-46(82)42(78)37(73)26(19-63)93-54/h22-28,35-49,52-56,63-64,71-84H,3-21H2,1-2H3,(H,57,65)(H,58,85)(H,59,86)(H,60,66)(H,61,67)/t22-,23-,24-,25-,26+,27+,28+,35+,36+,37+,38+,39+,40+,41+,42-,43-,44-,45-,46-,47-,48-,49-,52+,53+,54-,55-,56+/m0/s1. The molecule has 27 atom stereocenters. The van der Waals surface area contributed by atoms with Gasteiger partial charge in [0, 0.05) is 58.2 Å². The van der Waals surface area contributed by atoms with Gasteiger partial charge in [0.2, 0.25) is 29.5 Å². The Balaban J connectivity index is 1.11. The molecule has 0 saturated carbocycles. The SMILES string of the molecule is C[C@@H]1O[C@@H](OCCNC(=O)CC[C@H](NC(=O)CC[C@H](NC(=O)CCCCC(=O)ON2C(=O)CCC2=O)C(=O)NCCO[C@H]2O[C@H](CO[C@H]3O[C@H](CO)[C@@H](O)[C@H](O)[C@@H]3O)[C@@H](O)[C@H](O[C@H]3O[C@H](CO)[C@@H](O)[C@H](O)[C@@H]3O)[C@@H]2O)C(=O)NCCO[C@@H]2O[C@@H](C)[C@@H](O)[C@@H](O)[C@@H]2O)[C@@H](O)[C@H](O)[C@@H]1O. The van der Waals surface area contributed by atoms with Gasteiger partial charge in [0.15, 0.2) is 31.5 Å². The molecule has 6 aliphatic rings. The number of carbonyl (C=O) groups excluding carboxylic acids is 8. The lowest BCUT2D eigenvalue weighted by Crippen LogP contribution is -2.65. The average Bonchev–Trinajstić information content (AvgIpc) is 1.37. The molecule has 6 heterocycles. The van der Waals surface area contributed by atoms with E-state index in [9.17, 15) is 120 Å². The number of hydrogen-bond acceptors (Lipinski definition) is 35. The molecule has 6 fully saturated rings. The summed E-state index contributed by atoms with van der Waals surface area (Å²) in [6, 6.07) is -3.09. The molecule has 6 saturated heterocycles. The quantitative estimate of drug-likeness (QED) is 0.0207. The fourth-order valence-electron chi connectivity index (χ4n) is 10.8. The van der Waals surface area contributed by atoms with E-state index in [0.717, 1.165) is 0 Å². The molecule has 21 N–H and O–H groups in total. The van der Waals surface area contributed by atoms with E-state index in [4.69, 9.17) is 52.2 Å². The molecule has 0 spiro atoms. The predicted octanol–water partition coefficient (Wildman–Crippen LogP) is -12.8.